The van der Waals surface area contributed by atoms with E-state index in [1.54, 1.807) is 12.4 Å². The molecule has 0 unspecified atom stereocenters. The van der Waals surface area contributed by atoms with E-state index in [4.69, 9.17) is 17.2 Å². The Morgan fingerprint density at radius 1 is 0.754 bits per heavy atom. The molecule has 10 N–H and O–H groups in total. The standard InChI is InChI=1S/C46H57N9O6/c1-30(53-46(61)55(27-32-14-6-3-7-15-32)28-43(58)38(48)24-36-26-50-29-52-36)41(56)23-34(21-35-25-51-39-18-9-8-17-37(35)39)45(60)54-40(20-31-12-4-2-5-13-31)42(57)22-33(44(49)59)16-10-11-19-47/h2-9,12-15,17-18,25-26,29-30,33-34,38,40,51H,10-11,16,19-24,27-28,47-48H2,1H3,(H2,49,59)(H,50,52)(H,53,61)(H,54,60)/t30-,33+,34+,38-,40+/m0/s1. The lowest BCUT2D eigenvalue weighted by Gasteiger charge is -2.27. The Bertz CT molecular complexity index is 2210. The van der Waals surface area contributed by atoms with Gasteiger partial charge in [-0.05, 0) is 61.9 Å². The van der Waals surface area contributed by atoms with E-state index in [1.807, 2.05) is 84.9 Å². The molecule has 0 aliphatic carbocycles. The molecule has 0 aliphatic heterocycles. The number of nitrogens with one attached hydrogen (secondary N) is 4. The van der Waals surface area contributed by atoms with Crippen LogP contribution in [0.2, 0.25) is 0 Å². The topological polar surface area (TPSA) is 252 Å². The van der Waals surface area contributed by atoms with E-state index in [9.17, 15) is 28.8 Å². The summed E-state index contributed by atoms with van der Waals surface area (Å²) in [4.78, 5) is 93.5. The number of Topliss-reactive ketones (excluding diaryl/α,β-unsaturated/α-hetero) is 3. The number of imidazole rings is 1. The summed E-state index contributed by atoms with van der Waals surface area (Å²) >= 11 is 0. The molecule has 0 spiro atoms. The fraction of sp³-hybridized carbons (Fsp3) is 0.370. The first kappa shape index (κ1) is 45.6. The SMILES string of the molecule is C[C@H](NC(=O)N(CC(=O)[C@@H](N)Cc1cnc[nH]1)Cc1ccccc1)C(=O)C[C@@H](Cc1c[nH]c2ccccc12)C(=O)N[C@H](Cc1ccccc1)C(=O)C[C@@H](CCCCN)C(N)=O. The number of H-pyrrole nitrogens is 2. The van der Waals surface area contributed by atoms with Gasteiger partial charge in [-0.1, -0.05) is 85.3 Å². The van der Waals surface area contributed by atoms with Gasteiger partial charge in [-0.2, -0.15) is 0 Å². The molecule has 3 aromatic carbocycles. The molecule has 0 fully saturated rings. The Kier molecular flexibility index (Phi) is 17.0. The van der Waals surface area contributed by atoms with Crippen molar-refractivity contribution in [3.8, 4) is 0 Å². The molecule has 2 heterocycles. The second-order valence-electron chi connectivity index (χ2n) is 15.6. The third-order valence-corrected chi connectivity index (χ3v) is 10.9. The van der Waals surface area contributed by atoms with Crippen LogP contribution >= 0.6 is 0 Å². The van der Waals surface area contributed by atoms with Crippen LogP contribution in [0.1, 0.15) is 61.4 Å². The number of urea groups is 1. The van der Waals surface area contributed by atoms with Crippen molar-refractivity contribution < 1.29 is 28.8 Å². The van der Waals surface area contributed by atoms with Gasteiger partial charge >= 0.3 is 6.03 Å². The van der Waals surface area contributed by atoms with Crippen molar-refractivity contribution in [1.29, 1.82) is 0 Å². The van der Waals surface area contributed by atoms with Crippen LogP contribution in [0.4, 0.5) is 4.79 Å². The van der Waals surface area contributed by atoms with E-state index in [2.05, 4.69) is 25.6 Å². The second-order valence-corrected chi connectivity index (χ2v) is 15.6. The van der Waals surface area contributed by atoms with Crippen molar-refractivity contribution in [2.24, 2.45) is 29.0 Å². The summed E-state index contributed by atoms with van der Waals surface area (Å²) in [5.74, 6) is -4.00. The zero-order valence-electron chi connectivity index (χ0n) is 34.6. The number of carbonyl (C=O) groups is 6. The molecule has 61 heavy (non-hydrogen) atoms. The molecule has 15 heteroatoms. The average Bonchev–Trinajstić information content (AvgIpc) is 3.93. The molecule has 5 atom stereocenters. The number of benzene rings is 3. The quantitative estimate of drug-likeness (QED) is 0.0423. The molecule has 5 aromatic rings. The highest BCUT2D eigenvalue weighted by atomic mass is 16.2. The van der Waals surface area contributed by atoms with Crippen LogP contribution in [0.25, 0.3) is 10.9 Å². The highest BCUT2D eigenvalue weighted by Crippen LogP contribution is 2.24. The number of ketones is 3. The number of hydrogen-bond donors (Lipinski definition) is 7. The molecule has 5 rings (SSSR count). The van der Waals surface area contributed by atoms with Crippen LogP contribution in [0, 0.1) is 11.8 Å². The number of amides is 4. The van der Waals surface area contributed by atoms with Gasteiger partial charge in [0.05, 0.1) is 31.0 Å². The van der Waals surface area contributed by atoms with Crippen molar-refractivity contribution >= 4 is 46.1 Å². The highest BCUT2D eigenvalue weighted by Gasteiger charge is 2.32. The van der Waals surface area contributed by atoms with Gasteiger partial charge in [-0.3, -0.25) is 24.0 Å². The van der Waals surface area contributed by atoms with E-state index in [0.717, 1.165) is 27.6 Å². The molecule has 0 saturated heterocycles. The Morgan fingerprint density at radius 3 is 2.10 bits per heavy atom. The Hall–Kier alpha value is -6.45. The Labute approximate surface area is 355 Å². The summed E-state index contributed by atoms with van der Waals surface area (Å²) in [6, 6.07) is 22.3. The van der Waals surface area contributed by atoms with Crippen LogP contribution in [-0.2, 0) is 49.8 Å². The first-order chi connectivity index (χ1) is 29.4. The minimum Gasteiger partial charge on any atom is -0.369 e. The van der Waals surface area contributed by atoms with Gasteiger partial charge in [0.15, 0.2) is 17.3 Å². The predicted molar refractivity (Wildman–Crippen MR) is 233 cm³/mol. The average molecular weight is 832 g/mol. The monoisotopic (exact) mass is 831 g/mol. The molecule has 0 saturated carbocycles. The fourth-order valence-corrected chi connectivity index (χ4v) is 7.31. The van der Waals surface area contributed by atoms with Crippen LogP contribution < -0.4 is 27.8 Å². The van der Waals surface area contributed by atoms with E-state index in [-0.39, 0.29) is 56.8 Å². The van der Waals surface area contributed by atoms with Gasteiger partial charge in [0.25, 0.3) is 0 Å². The van der Waals surface area contributed by atoms with Crippen LogP contribution in [0.15, 0.2) is 104 Å². The number of aromatic amines is 2. The van der Waals surface area contributed by atoms with Gasteiger partial charge in [0.1, 0.15) is 0 Å². The number of hydrogen-bond acceptors (Lipinski definition) is 9. The minimum absolute atomic E-state index is 0.0716. The van der Waals surface area contributed by atoms with Crippen LogP contribution in [0.5, 0.6) is 0 Å². The largest absolute Gasteiger partial charge is 0.369 e. The molecule has 15 nitrogen and oxygen atoms in total. The lowest BCUT2D eigenvalue weighted by Crippen LogP contribution is -2.51. The minimum atomic E-state index is -1.07. The summed E-state index contributed by atoms with van der Waals surface area (Å²) in [6.45, 7) is 1.73. The van der Waals surface area contributed by atoms with Crippen molar-refractivity contribution in [2.75, 3.05) is 13.1 Å². The number of fused-ring (bicyclic) bond motifs is 1. The summed E-state index contributed by atoms with van der Waals surface area (Å²) in [5.41, 5.74) is 21.5. The summed E-state index contributed by atoms with van der Waals surface area (Å²) in [7, 11) is 0. The Balaban J connectivity index is 1.35. The van der Waals surface area contributed by atoms with E-state index >= 15 is 0 Å². The zero-order chi connectivity index (χ0) is 43.7. The molecule has 0 radical (unpaired) electrons. The fourth-order valence-electron chi connectivity index (χ4n) is 7.31. The summed E-state index contributed by atoms with van der Waals surface area (Å²) in [5, 5.41) is 6.57. The maximum Gasteiger partial charge on any atom is 0.318 e. The third kappa shape index (κ3) is 13.8. The lowest BCUT2D eigenvalue weighted by molar-refractivity contribution is -0.133. The van der Waals surface area contributed by atoms with Crippen molar-refractivity contribution in [2.45, 2.75) is 83.0 Å². The number of para-hydroxylation sites is 1. The van der Waals surface area contributed by atoms with Gasteiger partial charge in [-0.15, -0.1) is 0 Å². The van der Waals surface area contributed by atoms with Gasteiger partial charge in [-0.25, -0.2) is 9.78 Å². The highest BCUT2D eigenvalue weighted by molar-refractivity contribution is 5.96. The molecular formula is C46H57N9O6. The third-order valence-electron chi connectivity index (χ3n) is 10.9. The Morgan fingerprint density at radius 2 is 1.43 bits per heavy atom. The number of rotatable bonds is 25. The first-order valence-electron chi connectivity index (χ1n) is 20.7. The van der Waals surface area contributed by atoms with E-state index < -0.39 is 53.6 Å². The lowest BCUT2D eigenvalue weighted by atomic mass is 9.89. The van der Waals surface area contributed by atoms with Crippen molar-refractivity contribution in [1.82, 2.24) is 30.5 Å². The number of carbonyl (C=O) groups excluding carboxylic acids is 6. The first-order valence-corrected chi connectivity index (χ1v) is 20.7. The van der Waals surface area contributed by atoms with Gasteiger partial charge < -0.3 is 42.7 Å². The molecule has 322 valence electrons. The summed E-state index contributed by atoms with van der Waals surface area (Å²) < 4.78 is 0. The molecule has 0 bridgehead atoms. The number of nitrogens with two attached hydrogens (primary N) is 3. The van der Waals surface area contributed by atoms with Crippen molar-refractivity contribution in [3.63, 3.8) is 0 Å². The van der Waals surface area contributed by atoms with Crippen LogP contribution in [0.3, 0.4) is 0 Å². The maximum atomic E-state index is 14.4. The molecule has 0 aliphatic rings. The number of nitrogens with zero attached hydrogens (tertiary/aromatic N) is 2. The molecule has 2 aromatic heterocycles. The zero-order valence-corrected chi connectivity index (χ0v) is 34.6. The van der Waals surface area contributed by atoms with Crippen molar-refractivity contribution in [3.05, 3.63) is 126 Å². The number of primary amides is 1. The maximum absolute atomic E-state index is 14.4. The van der Waals surface area contributed by atoms with E-state index in [0.29, 0.717) is 31.5 Å². The smallest absolute Gasteiger partial charge is 0.318 e. The van der Waals surface area contributed by atoms with Gasteiger partial charge in [0.2, 0.25) is 11.8 Å². The van der Waals surface area contributed by atoms with E-state index in [1.165, 1.54) is 18.2 Å². The van der Waals surface area contributed by atoms with Gasteiger partial charge in [0, 0.05) is 66.6 Å². The predicted octanol–water partition coefficient (Wildman–Crippen LogP) is 3.67. The molecule has 4 amide bonds. The van der Waals surface area contributed by atoms with Crippen LogP contribution in [-0.4, -0.2) is 86.3 Å². The normalized spacial score (nSPS) is 13.7. The number of aromatic nitrogens is 3. The summed E-state index contributed by atoms with van der Waals surface area (Å²) in [6.07, 6.45) is 6.60. The number of unbranched alkanes of at least 4 members (excludes halogenated alkanes) is 1. The second kappa shape index (κ2) is 22.8. The molecular weight excluding hydrogens is 775 g/mol.